The van der Waals surface area contributed by atoms with Crippen molar-refractivity contribution in [2.45, 2.75) is 4.90 Å². The number of benzene rings is 2. The molecule has 0 unspecified atom stereocenters. The SMILES string of the molecule is NC=CCN1Sc2ccccc2C(=Cc2ccccc2)C1=O. The normalized spacial score (nSPS) is 16.3. The number of hydrogen-bond acceptors (Lipinski definition) is 3. The summed E-state index contributed by atoms with van der Waals surface area (Å²) in [4.78, 5) is 13.8. The third kappa shape index (κ3) is 2.92. The number of carbonyl (C=O) groups is 1. The highest BCUT2D eigenvalue weighted by molar-refractivity contribution is 7.97. The highest BCUT2D eigenvalue weighted by atomic mass is 32.2. The number of amides is 1. The van der Waals surface area contributed by atoms with Crippen LogP contribution in [0, 0.1) is 0 Å². The first kappa shape index (κ1) is 14.5. The van der Waals surface area contributed by atoms with Gasteiger partial charge in [0.25, 0.3) is 5.91 Å². The minimum atomic E-state index is 0.00523. The standard InChI is InChI=1S/C18H16N2OS/c19-11-6-12-20-18(21)16(13-14-7-2-1-3-8-14)15-9-4-5-10-17(15)22-20/h1-11,13H,12,19H2. The summed E-state index contributed by atoms with van der Waals surface area (Å²) in [6, 6.07) is 17.9. The number of fused-ring (bicyclic) bond motifs is 1. The van der Waals surface area contributed by atoms with E-state index in [0.29, 0.717) is 12.1 Å². The van der Waals surface area contributed by atoms with Gasteiger partial charge in [0, 0.05) is 16.0 Å². The highest BCUT2D eigenvalue weighted by Gasteiger charge is 2.28. The molecule has 0 aliphatic carbocycles. The Bertz CT molecular complexity index is 738. The van der Waals surface area contributed by atoms with Crippen LogP contribution >= 0.6 is 11.9 Å². The molecule has 0 bridgehead atoms. The van der Waals surface area contributed by atoms with Gasteiger partial charge in [-0.3, -0.25) is 9.10 Å². The van der Waals surface area contributed by atoms with Crippen LogP contribution < -0.4 is 5.73 Å². The lowest BCUT2D eigenvalue weighted by atomic mass is 10.0. The minimum absolute atomic E-state index is 0.00523. The summed E-state index contributed by atoms with van der Waals surface area (Å²) in [5, 5.41) is 0. The molecule has 3 nitrogen and oxygen atoms in total. The quantitative estimate of drug-likeness (QED) is 0.697. The Morgan fingerprint density at radius 3 is 2.55 bits per heavy atom. The van der Waals surface area contributed by atoms with Crippen molar-refractivity contribution in [2.75, 3.05) is 6.54 Å². The van der Waals surface area contributed by atoms with Gasteiger partial charge < -0.3 is 5.73 Å². The van der Waals surface area contributed by atoms with Crippen LogP contribution in [-0.4, -0.2) is 16.8 Å². The number of carbonyl (C=O) groups excluding carboxylic acids is 1. The molecule has 110 valence electrons. The van der Waals surface area contributed by atoms with Gasteiger partial charge >= 0.3 is 0 Å². The van der Waals surface area contributed by atoms with Gasteiger partial charge in [-0.25, -0.2) is 0 Å². The topological polar surface area (TPSA) is 46.3 Å². The molecule has 2 N–H and O–H groups in total. The molecule has 2 aromatic carbocycles. The average molecular weight is 308 g/mol. The van der Waals surface area contributed by atoms with Crippen LogP contribution in [0.5, 0.6) is 0 Å². The molecule has 4 heteroatoms. The van der Waals surface area contributed by atoms with Crippen LogP contribution in [0.3, 0.4) is 0 Å². The van der Waals surface area contributed by atoms with Gasteiger partial charge in [-0.2, -0.15) is 0 Å². The predicted octanol–water partition coefficient (Wildman–Crippen LogP) is 3.55. The van der Waals surface area contributed by atoms with E-state index in [1.807, 2.05) is 60.7 Å². The van der Waals surface area contributed by atoms with E-state index in [-0.39, 0.29) is 5.91 Å². The van der Waals surface area contributed by atoms with E-state index >= 15 is 0 Å². The molecule has 2 aromatic rings. The van der Waals surface area contributed by atoms with Crippen molar-refractivity contribution in [2.24, 2.45) is 5.73 Å². The summed E-state index contributed by atoms with van der Waals surface area (Å²) in [5.41, 5.74) is 8.11. The first-order valence-corrected chi connectivity index (χ1v) is 7.79. The van der Waals surface area contributed by atoms with E-state index < -0.39 is 0 Å². The van der Waals surface area contributed by atoms with Crippen molar-refractivity contribution >= 4 is 29.5 Å². The fourth-order valence-corrected chi connectivity index (χ4v) is 3.31. The zero-order valence-electron chi connectivity index (χ0n) is 12.0. The molecule has 1 aliphatic rings. The second-order valence-electron chi connectivity index (χ2n) is 4.85. The zero-order valence-corrected chi connectivity index (χ0v) is 12.8. The molecule has 1 aliphatic heterocycles. The Hall–Kier alpha value is -2.46. The van der Waals surface area contributed by atoms with Crippen LogP contribution in [0.1, 0.15) is 11.1 Å². The lowest BCUT2D eigenvalue weighted by molar-refractivity contribution is -0.120. The molecule has 1 amide bonds. The minimum Gasteiger partial charge on any atom is -0.405 e. The maximum absolute atomic E-state index is 12.8. The van der Waals surface area contributed by atoms with E-state index in [9.17, 15) is 4.79 Å². The van der Waals surface area contributed by atoms with Crippen LogP contribution in [0.4, 0.5) is 0 Å². The first-order valence-electron chi connectivity index (χ1n) is 7.02. The molecule has 1 heterocycles. The van der Waals surface area contributed by atoms with Crippen LogP contribution in [0.15, 0.2) is 71.8 Å². The van der Waals surface area contributed by atoms with E-state index in [1.54, 1.807) is 10.4 Å². The van der Waals surface area contributed by atoms with Crippen molar-refractivity contribution in [3.8, 4) is 0 Å². The molecule has 0 aromatic heterocycles. The van der Waals surface area contributed by atoms with Crippen molar-refractivity contribution in [1.82, 2.24) is 4.31 Å². The van der Waals surface area contributed by atoms with Crippen molar-refractivity contribution < 1.29 is 4.79 Å². The number of rotatable bonds is 3. The molecular formula is C18H16N2OS. The molecule has 22 heavy (non-hydrogen) atoms. The molecule has 0 atom stereocenters. The summed E-state index contributed by atoms with van der Waals surface area (Å²) in [5.74, 6) is 0.00523. The predicted molar refractivity (Wildman–Crippen MR) is 91.7 cm³/mol. The van der Waals surface area contributed by atoms with E-state index in [4.69, 9.17) is 5.73 Å². The zero-order chi connectivity index (χ0) is 15.4. The lowest BCUT2D eigenvalue weighted by Crippen LogP contribution is -2.29. The van der Waals surface area contributed by atoms with Gasteiger partial charge in [-0.1, -0.05) is 48.5 Å². The van der Waals surface area contributed by atoms with Gasteiger partial charge in [0.15, 0.2) is 0 Å². The van der Waals surface area contributed by atoms with E-state index in [0.717, 1.165) is 16.0 Å². The fraction of sp³-hybridized carbons (Fsp3) is 0.0556. The van der Waals surface area contributed by atoms with Crippen molar-refractivity contribution in [3.05, 3.63) is 78.0 Å². The van der Waals surface area contributed by atoms with Crippen molar-refractivity contribution in [3.63, 3.8) is 0 Å². The van der Waals surface area contributed by atoms with E-state index in [2.05, 4.69) is 0 Å². The molecule has 0 saturated carbocycles. The fourth-order valence-electron chi connectivity index (χ4n) is 2.31. The molecule has 0 spiro atoms. The highest BCUT2D eigenvalue weighted by Crippen LogP contribution is 2.38. The number of nitrogens with zero attached hydrogens (tertiary/aromatic N) is 1. The Balaban J connectivity index is 2.06. The third-order valence-electron chi connectivity index (χ3n) is 3.36. The smallest absolute Gasteiger partial charge is 0.264 e. The summed E-state index contributed by atoms with van der Waals surface area (Å²) in [7, 11) is 0. The lowest BCUT2D eigenvalue weighted by Gasteiger charge is -2.28. The monoisotopic (exact) mass is 308 g/mol. The molecule has 0 saturated heterocycles. The Morgan fingerprint density at radius 2 is 1.77 bits per heavy atom. The Morgan fingerprint density at radius 1 is 1.05 bits per heavy atom. The maximum atomic E-state index is 12.8. The summed E-state index contributed by atoms with van der Waals surface area (Å²) in [6.45, 7) is 0.487. The first-order chi connectivity index (χ1) is 10.8. The number of nitrogens with two attached hydrogens (primary N) is 1. The Kier molecular flexibility index (Phi) is 4.30. The van der Waals surface area contributed by atoms with Crippen molar-refractivity contribution in [1.29, 1.82) is 0 Å². The van der Waals surface area contributed by atoms with Crippen LogP contribution in [0.2, 0.25) is 0 Å². The van der Waals surface area contributed by atoms with E-state index in [1.165, 1.54) is 18.1 Å². The van der Waals surface area contributed by atoms with Gasteiger partial charge in [-0.15, -0.1) is 0 Å². The Labute approximate surface area is 134 Å². The summed E-state index contributed by atoms with van der Waals surface area (Å²) >= 11 is 1.46. The van der Waals surface area contributed by atoms with Gasteiger partial charge in [-0.05, 0) is 41.9 Å². The van der Waals surface area contributed by atoms with Gasteiger partial charge in [0.05, 0.1) is 6.54 Å². The second kappa shape index (κ2) is 6.54. The van der Waals surface area contributed by atoms with Gasteiger partial charge in [0.2, 0.25) is 0 Å². The third-order valence-corrected chi connectivity index (χ3v) is 4.45. The molecule has 3 rings (SSSR count). The second-order valence-corrected chi connectivity index (χ2v) is 5.91. The maximum Gasteiger partial charge on any atom is 0.264 e. The summed E-state index contributed by atoms with van der Waals surface area (Å²) < 4.78 is 1.72. The van der Waals surface area contributed by atoms with Gasteiger partial charge in [0.1, 0.15) is 0 Å². The number of hydrogen-bond donors (Lipinski definition) is 1. The summed E-state index contributed by atoms with van der Waals surface area (Å²) in [6.07, 6.45) is 5.19. The largest absolute Gasteiger partial charge is 0.405 e. The molecule has 0 radical (unpaired) electrons. The van der Waals surface area contributed by atoms with Crippen LogP contribution in [-0.2, 0) is 4.79 Å². The average Bonchev–Trinajstić information content (AvgIpc) is 2.57. The van der Waals surface area contributed by atoms with Crippen LogP contribution in [0.25, 0.3) is 11.6 Å². The molecular weight excluding hydrogens is 292 g/mol. The molecule has 0 fully saturated rings.